The first-order chi connectivity index (χ1) is 5.88. The van der Waals surface area contributed by atoms with Crippen LogP contribution in [0.5, 0.6) is 0 Å². The van der Waals surface area contributed by atoms with Gasteiger partial charge in [0.25, 0.3) is 0 Å². The highest BCUT2D eigenvalue weighted by Crippen LogP contribution is 2.28. The second kappa shape index (κ2) is 3.48. The van der Waals surface area contributed by atoms with Crippen molar-refractivity contribution in [2.75, 3.05) is 7.11 Å². The monoisotopic (exact) mass is 167 g/mol. The normalized spacial score (nSPS) is 34.6. The first-order valence-corrected chi connectivity index (χ1v) is 4.85. The van der Waals surface area contributed by atoms with Crippen LogP contribution < -0.4 is 5.32 Å². The van der Waals surface area contributed by atoms with E-state index >= 15 is 0 Å². The first kappa shape index (κ1) is 8.11. The minimum absolute atomic E-state index is 0.735. The minimum atomic E-state index is 0.735. The SMILES string of the molecule is COC=C1CC2CCCC(C1)N2. The van der Waals surface area contributed by atoms with Crippen LogP contribution in [0.15, 0.2) is 11.8 Å². The molecule has 2 rings (SSSR count). The van der Waals surface area contributed by atoms with E-state index in [0.717, 1.165) is 12.1 Å². The van der Waals surface area contributed by atoms with Crippen molar-refractivity contribution in [3.05, 3.63) is 11.8 Å². The quantitative estimate of drug-likeness (QED) is 0.601. The van der Waals surface area contributed by atoms with Gasteiger partial charge < -0.3 is 10.1 Å². The van der Waals surface area contributed by atoms with E-state index in [9.17, 15) is 0 Å². The van der Waals surface area contributed by atoms with Crippen molar-refractivity contribution in [2.24, 2.45) is 0 Å². The molecule has 2 heterocycles. The van der Waals surface area contributed by atoms with Crippen LogP contribution in [0.1, 0.15) is 32.1 Å². The molecule has 2 heteroatoms. The molecular formula is C10H17NO. The second-order valence-electron chi connectivity index (χ2n) is 3.91. The Labute approximate surface area is 74.0 Å². The fourth-order valence-corrected chi connectivity index (χ4v) is 2.41. The molecule has 0 aromatic carbocycles. The molecule has 2 unspecified atom stereocenters. The van der Waals surface area contributed by atoms with Gasteiger partial charge in [0.05, 0.1) is 13.4 Å². The summed E-state index contributed by atoms with van der Waals surface area (Å²) in [5.41, 5.74) is 1.49. The van der Waals surface area contributed by atoms with Gasteiger partial charge in [0.2, 0.25) is 0 Å². The molecule has 0 saturated carbocycles. The van der Waals surface area contributed by atoms with E-state index in [1.807, 2.05) is 6.26 Å². The Bertz CT molecular complexity index is 174. The van der Waals surface area contributed by atoms with Gasteiger partial charge in [-0.15, -0.1) is 0 Å². The topological polar surface area (TPSA) is 21.3 Å². The maximum absolute atomic E-state index is 5.06. The summed E-state index contributed by atoms with van der Waals surface area (Å²) < 4.78 is 5.06. The van der Waals surface area contributed by atoms with Gasteiger partial charge in [0, 0.05) is 12.1 Å². The molecule has 2 nitrogen and oxygen atoms in total. The van der Waals surface area contributed by atoms with Crippen LogP contribution in [-0.2, 0) is 4.74 Å². The molecule has 2 fully saturated rings. The zero-order valence-electron chi connectivity index (χ0n) is 7.68. The van der Waals surface area contributed by atoms with Gasteiger partial charge in [-0.3, -0.25) is 0 Å². The summed E-state index contributed by atoms with van der Waals surface area (Å²) in [5, 5.41) is 3.64. The Kier molecular flexibility index (Phi) is 2.35. The van der Waals surface area contributed by atoms with Gasteiger partial charge >= 0.3 is 0 Å². The summed E-state index contributed by atoms with van der Waals surface area (Å²) >= 11 is 0. The molecule has 2 aliphatic heterocycles. The summed E-state index contributed by atoms with van der Waals surface area (Å²) in [5.74, 6) is 0. The predicted molar refractivity (Wildman–Crippen MR) is 48.9 cm³/mol. The Hall–Kier alpha value is -0.500. The highest BCUT2D eigenvalue weighted by molar-refractivity contribution is 5.09. The van der Waals surface area contributed by atoms with Crippen LogP contribution >= 0.6 is 0 Å². The maximum atomic E-state index is 5.06. The number of hydrogen-bond acceptors (Lipinski definition) is 2. The molecule has 1 N–H and O–H groups in total. The van der Waals surface area contributed by atoms with E-state index in [4.69, 9.17) is 4.74 Å². The van der Waals surface area contributed by atoms with Crippen molar-refractivity contribution in [3.8, 4) is 0 Å². The zero-order chi connectivity index (χ0) is 8.39. The average Bonchev–Trinajstić information content (AvgIpc) is 2.04. The van der Waals surface area contributed by atoms with Crippen molar-refractivity contribution < 1.29 is 4.74 Å². The van der Waals surface area contributed by atoms with Crippen molar-refractivity contribution in [1.29, 1.82) is 0 Å². The van der Waals surface area contributed by atoms with Crippen molar-refractivity contribution in [1.82, 2.24) is 5.32 Å². The third-order valence-electron chi connectivity index (χ3n) is 2.88. The predicted octanol–water partition coefficient (Wildman–Crippen LogP) is 1.82. The van der Waals surface area contributed by atoms with Crippen molar-refractivity contribution in [2.45, 2.75) is 44.2 Å². The van der Waals surface area contributed by atoms with Crippen LogP contribution in [0.25, 0.3) is 0 Å². The molecule has 0 amide bonds. The second-order valence-corrected chi connectivity index (χ2v) is 3.91. The summed E-state index contributed by atoms with van der Waals surface area (Å²) in [6.45, 7) is 0. The maximum Gasteiger partial charge on any atom is 0.0817 e. The van der Waals surface area contributed by atoms with E-state index in [2.05, 4.69) is 5.32 Å². The van der Waals surface area contributed by atoms with Crippen molar-refractivity contribution >= 4 is 0 Å². The van der Waals surface area contributed by atoms with Gasteiger partial charge in [-0.05, 0) is 31.3 Å². The van der Waals surface area contributed by atoms with Crippen molar-refractivity contribution in [3.63, 3.8) is 0 Å². The van der Waals surface area contributed by atoms with E-state index in [1.54, 1.807) is 7.11 Å². The highest BCUT2D eigenvalue weighted by atomic mass is 16.5. The average molecular weight is 167 g/mol. The van der Waals surface area contributed by atoms with Crippen LogP contribution in [0.2, 0.25) is 0 Å². The summed E-state index contributed by atoms with van der Waals surface area (Å²) in [4.78, 5) is 0. The molecule has 0 spiro atoms. The number of rotatable bonds is 1. The van der Waals surface area contributed by atoms with E-state index in [0.29, 0.717) is 0 Å². The molecule has 68 valence electrons. The van der Waals surface area contributed by atoms with Crippen LogP contribution in [0, 0.1) is 0 Å². The Morgan fingerprint density at radius 3 is 2.58 bits per heavy atom. The number of hydrogen-bond donors (Lipinski definition) is 1. The number of fused-ring (bicyclic) bond motifs is 2. The highest BCUT2D eigenvalue weighted by Gasteiger charge is 2.27. The molecule has 0 aromatic heterocycles. The smallest absolute Gasteiger partial charge is 0.0817 e. The fourth-order valence-electron chi connectivity index (χ4n) is 2.41. The summed E-state index contributed by atoms with van der Waals surface area (Å²) in [6, 6.07) is 1.47. The van der Waals surface area contributed by atoms with E-state index in [-0.39, 0.29) is 0 Å². The van der Waals surface area contributed by atoms with Gasteiger partial charge in [-0.25, -0.2) is 0 Å². The number of nitrogens with one attached hydrogen (secondary N) is 1. The van der Waals surface area contributed by atoms with Crippen LogP contribution in [0.4, 0.5) is 0 Å². The summed E-state index contributed by atoms with van der Waals surface area (Å²) in [6.07, 6.45) is 8.43. The number of ether oxygens (including phenoxy) is 1. The molecule has 0 radical (unpaired) electrons. The van der Waals surface area contributed by atoms with Gasteiger partial charge in [-0.2, -0.15) is 0 Å². The molecule has 2 atom stereocenters. The number of methoxy groups -OCH3 is 1. The van der Waals surface area contributed by atoms with Gasteiger partial charge in [0.1, 0.15) is 0 Å². The Balaban J connectivity index is 2.00. The zero-order valence-corrected chi connectivity index (χ0v) is 7.68. The molecule has 2 saturated heterocycles. The third kappa shape index (κ3) is 1.63. The molecule has 0 aromatic rings. The van der Waals surface area contributed by atoms with Gasteiger partial charge in [0.15, 0.2) is 0 Å². The lowest BCUT2D eigenvalue weighted by molar-refractivity contribution is 0.267. The molecule has 2 aliphatic rings. The Morgan fingerprint density at radius 1 is 1.33 bits per heavy atom. The van der Waals surface area contributed by atoms with Crippen LogP contribution in [-0.4, -0.2) is 19.2 Å². The molecule has 0 aliphatic carbocycles. The minimum Gasteiger partial charge on any atom is -0.504 e. The molecule has 12 heavy (non-hydrogen) atoms. The Morgan fingerprint density at radius 2 is 2.00 bits per heavy atom. The summed E-state index contributed by atoms with van der Waals surface area (Å²) in [7, 11) is 1.74. The third-order valence-corrected chi connectivity index (χ3v) is 2.88. The van der Waals surface area contributed by atoms with Crippen LogP contribution in [0.3, 0.4) is 0 Å². The molecule has 2 bridgehead atoms. The lowest BCUT2D eigenvalue weighted by Crippen LogP contribution is -2.46. The standard InChI is InChI=1S/C10H17NO/c1-12-7-8-5-9-3-2-4-10(6-8)11-9/h7,9-11H,2-6H2,1H3. The first-order valence-electron chi connectivity index (χ1n) is 4.85. The lowest BCUT2D eigenvalue weighted by Gasteiger charge is -2.37. The van der Waals surface area contributed by atoms with E-state index in [1.165, 1.54) is 37.7 Å². The van der Waals surface area contributed by atoms with E-state index < -0.39 is 0 Å². The number of piperidine rings is 2. The van der Waals surface area contributed by atoms with Gasteiger partial charge in [-0.1, -0.05) is 6.42 Å². The molecular weight excluding hydrogens is 150 g/mol. The largest absolute Gasteiger partial charge is 0.504 e. The lowest BCUT2D eigenvalue weighted by atomic mass is 9.84. The fraction of sp³-hybridized carbons (Fsp3) is 0.800.